The van der Waals surface area contributed by atoms with Crippen molar-refractivity contribution in [1.82, 2.24) is 14.3 Å². The van der Waals surface area contributed by atoms with E-state index in [9.17, 15) is 0 Å². The molecule has 1 fully saturated rings. The minimum absolute atomic E-state index is 0.717. The lowest BCUT2D eigenvalue weighted by molar-refractivity contribution is 0.224. The van der Waals surface area contributed by atoms with Crippen LogP contribution in [0.2, 0.25) is 0 Å². The summed E-state index contributed by atoms with van der Waals surface area (Å²) in [4.78, 5) is 8.92. The van der Waals surface area contributed by atoms with Crippen LogP contribution >= 0.6 is 27.3 Å². The summed E-state index contributed by atoms with van der Waals surface area (Å²) in [5.41, 5.74) is 1.19. The second-order valence-electron chi connectivity index (χ2n) is 4.28. The topological polar surface area (TPSA) is 20.5 Å². The molecule has 0 atom stereocenters. The van der Waals surface area contributed by atoms with Crippen LogP contribution < -0.4 is 0 Å². The third kappa shape index (κ3) is 2.17. The zero-order valence-corrected chi connectivity index (χ0v) is 11.4. The Morgan fingerprint density at radius 1 is 1.44 bits per heavy atom. The summed E-state index contributed by atoms with van der Waals surface area (Å²) >= 11 is 5.37. The molecule has 5 heteroatoms. The third-order valence-electron chi connectivity index (χ3n) is 3.05. The van der Waals surface area contributed by atoms with E-state index >= 15 is 0 Å². The molecule has 0 amide bonds. The normalized spacial score (nSPS) is 19.6. The fourth-order valence-corrected chi connectivity index (χ4v) is 3.27. The van der Waals surface area contributed by atoms with Crippen molar-refractivity contribution in [2.24, 2.45) is 0 Å². The maximum Gasteiger partial charge on any atom is 0.193 e. The molecule has 3 heterocycles. The van der Waals surface area contributed by atoms with Crippen molar-refractivity contribution >= 4 is 32.2 Å². The van der Waals surface area contributed by atoms with Crippen LogP contribution in [0.5, 0.6) is 0 Å². The highest BCUT2D eigenvalue weighted by Crippen LogP contribution is 2.19. The van der Waals surface area contributed by atoms with Gasteiger partial charge in [-0.3, -0.25) is 9.30 Å². The molecule has 0 saturated carbocycles. The summed E-state index contributed by atoms with van der Waals surface area (Å²) in [6.07, 6.45) is 6.72. The van der Waals surface area contributed by atoms with E-state index in [4.69, 9.17) is 0 Å². The van der Waals surface area contributed by atoms with Gasteiger partial charge in [0.2, 0.25) is 0 Å². The first-order valence-electron chi connectivity index (χ1n) is 5.59. The number of imidazole rings is 1. The lowest BCUT2D eigenvalue weighted by atomic mass is 10.1. The first-order valence-corrected chi connectivity index (χ1v) is 7.38. The Morgan fingerprint density at radius 2 is 2.25 bits per heavy atom. The van der Waals surface area contributed by atoms with Crippen molar-refractivity contribution < 1.29 is 0 Å². The van der Waals surface area contributed by atoms with Crippen molar-refractivity contribution in [3.05, 3.63) is 23.5 Å². The van der Waals surface area contributed by atoms with E-state index in [1.54, 1.807) is 11.3 Å². The number of thiazole rings is 1. The maximum atomic E-state index is 4.61. The minimum Gasteiger partial charge on any atom is -0.297 e. The lowest BCUT2D eigenvalue weighted by Crippen LogP contribution is -2.33. The highest BCUT2D eigenvalue weighted by atomic mass is 79.9. The molecular formula is C11H14BrN3S. The van der Waals surface area contributed by atoms with Crippen LogP contribution in [0.1, 0.15) is 18.5 Å². The number of hydrogen-bond donors (Lipinski definition) is 0. The zero-order valence-electron chi connectivity index (χ0n) is 8.97. The van der Waals surface area contributed by atoms with Gasteiger partial charge in [-0.05, 0) is 25.9 Å². The number of hydrogen-bond acceptors (Lipinski definition) is 3. The molecule has 0 spiro atoms. The van der Waals surface area contributed by atoms with Gasteiger partial charge >= 0.3 is 0 Å². The second kappa shape index (κ2) is 4.47. The highest BCUT2D eigenvalue weighted by Gasteiger charge is 2.17. The van der Waals surface area contributed by atoms with Gasteiger partial charge in [-0.2, -0.15) is 0 Å². The Kier molecular flexibility index (Phi) is 3.00. The van der Waals surface area contributed by atoms with Gasteiger partial charge < -0.3 is 0 Å². The Hall–Kier alpha value is -0.390. The molecule has 1 aliphatic heterocycles. The SMILES string of the molecule is BrC1CCN(Cc2cn3ccsc3n2)CC1. The van der Waals surface area contributed by atoms with Gasteiger partial charge in [0.15, 0.2) is 4.96 Å². The monoisotopic (exact) mass is 299 g/mol. The van der Waals surface area contributed by atoms with E-state index in [-0.39, 0.29) is 0 Å². The predicted octanol–water partition coefficient (Wildman–Crippen LogP) is 2.76. The number of fused-ring (bicyclic) bond motifs is 1. The molecule has 2 aromatic rings. The maximum absolute atomic E-state index is 4.61. The van der Waals surface area contributed by atoms with Gasteiger partial charge in [0.25, 0.3) is 0 Å². The average Bonchev–Trinajstić information content (AvgIpc) is 2.81. The van der Waals surface area contributed by atoms with Gasteiger partial charge in [-0.1, -0.05) is 15.9 Å². The second-order valence-corrected chi connectivity index (χ2v) is 6.44. The van der Waals surface area contributed by atoms with E-state index in [0.717, 1.165) is 11.5 Å². The molecule has 0 aliphatic carbocycles. The summed E-state index contributed by atoms with van der Waals surface area (Å²) in [5, 5.41) is 2.07. The lowest BCUT2D eigenvalue weighted by Gasteiger charge is -2.28. The quantitative estimate of drug-likeness (QED) is 0.795. The van der Waals surface area contributed by atoms with E-state index < -0.39 is 0 Å². The number of halogens is 1. The van der Waals surface area contributed by atoms with Crippen LogP contribution in [0.25, 0.3) is 4.96 Å². The fraction of sp³-hybridized carbons (Fsp3) is 0.545. The molecule has 0 aromatic carbocycles. The van der Waals surface area contributed by atoms with Crippen molar-refractivity contribution in [3.8, 4) is 0 Å². The van der Waals surface area contributed by atoms with E-state index in [2.05, 4.69) is 48.0 Å². The van der Waals surface area contributed by atoms with Crippen LogP contribution in [0.4, 0.5) is 0 Å². The number of nitrogens with zero attached hydrogens (tertiary/aromatic N) is 3. The van der Waals surface area contributed by atoms with Crippen molar-refractivity contribution in [3.63, 3.8) is 0 Å². The molecule has 16 heavy (non-hydrogen) atoms. The van der Waals surface area contributed by atoms with Gasteiger partial charge in [0.05, 0.1) is 5.69 Å². The van der Waals surface area contributed by atoms with E-state index in [1.807, 2.05) is 0 Å². The molecule has 0 bridgehead atoms. The summed E-state index contributed by atoms with van der Waals surface area (Å²) in [6, 6.07) is 0. The van der Waals surface area contributed by atoms with Gasteiger partial charge in [0.1, 0.15) is 0 Å². The Balaban J connectivity index is 1.68. The summed E-state index contributed by atoms with van der Waals surface area (Å²) < 4.78 is 2.11. The number of aromatic nitrogens is 2. The smallest absolute Gasteiger partial charge is 0.193 e. The Labute approximate surface area is 107 Å². The van der Waals surface area contributed by atoms with Crippen LogP contribution in [0.15, 0.2) is 17.8 Å². The van der Waals surface area contributed by atoms with E-state index in [0.29, 0.717) is 4.83 Å². The predicted molar refractivity (Wildman–Crippen MR) is 70.3 cm³/mol. The van der Waals surface area contributed by atoms with Gasteiger partial charge in [-0.15, -0.1) is 11.3 Å². The molecule has 0 radical (unpaired) electrons. The number of likely N-dealkylation sites (tertiary alicyclic amines) is 1. The van der Waals surface area contributed by atoms with Crippen LogP contribution in [-0.4, -0.2) is 32.2 Å². The first kappa shape index (κ1) is 10.7. The molecule has 86 valence electrons. The molecular weight excluding hydrogens is 286 g/mol. The number of rotatable bonds is 2. The van der Waals surface area contributed by atoms with Crippen LogP contribution in [0.3, 0.4) is 0 Å². The third-order valence-corrected chi connectivity index (χ3v) is 4.73. The number of alkyl halides is 1. The molecule has 0 N–H and O–H groups in total. The average molecular weight is 300 g/mol. The largest absolute Gasteiger partial charge is 0.297 e. The molecule has 3 rings (SSSR count). The standard InChI is InChI=1S/C11H14BrN3S/c12-9-1-3-14(4-2-9)7-10-8-15-5-6-16-11(15)13-10/h5-6,8-9H,1-4,7H2. The van der Waals surface area contributed by atoms with E-state index in [1.165, 1.54) is 31.6 Å². The van der Waals surface area contributed by atoms with Crippen molar-refractivity contribution in [2.45, 2.75) is 24.2 Å². The molecule has 3 nitrogen and oxygen atoms in total. The summed E-state index contributed by atoms with van der Waals surface area (Å²) in [7, 11) is 0. The molecule has 2 aromatic heterocycles. The molecule has 1 aliphatic rings. The fourth-order valence-electron chi connectivity index (χ4n) is 2.14. The van der Waals surface area contributed by atoms with Gasteiger partial charge in [-0.25, -0.2) is 4.98 Å². The Morgan fingerprint density at radius 3 is 3.00 bits per heavy atom. The molecule has 0 unspecified atom stereocenters. The summed E-state index contributed by atoms with van der Waals surface area (Å²) in [5.74, 6) is 0. The van der Waals surface area contributed by atoms with Gasteiger partial charge in [0, 0.05) is 29.1 Å². The highest BCUT2D eigenvalue weighted by molar-refractivity contribution is 9.09. The zero-order chi connectivity index (χ0) is 11.0. The molecule has 1 saturated heterocycles. The van der Waals surface area contributed by atoms with Crippen molar-refractivity contribution in [2.75, 3.05) is 13.1 Å². The van der Waals surface area contributed by atoms with Crippen molar-refractivity contribution in [1.29, 1.82) is 0 Å². The van der Waals surface area contributed by atoms with Crippen LogP contribution in [-0.2, 0) is 6.54 Å². The minimum atomic E-state index is 0.717. The van der Waals surface area contributed by atoms with Crippen LogP contribution in [0, 0.1) is 0 Å². The Bertz CT molecular complexity index is 442. The first-order chi connectivity index (χ1) is 7.81. The number of piperidine rings is 1. The summed E-state index contributed by atoms with van der Waals surface area (Å²) in [6.45, 7) is 3.36.